The van der Waals surface area contributed by atoms with Crippen molar-refractivity contribution in [2.45, 2.75) is 18.6 Å². The van der Waals surface area contributed by atoms with E-state index >= 15 is 0 Å². The second kappa shape index (κ2) is 5.75. The Hall–Kier alpha value is -3.05. The molecular weight excluding hydrogens is 328 g/mol. The smallest absolute Gasteiger partial charge is 0.175 e. The first kappa shape index (κ1) is 15.2. The predicted molar refractivity (Wildman–Crippen MR) is 98.1 cm³/mol. The maximum Gasteiger partial charge on any atom is 0.175 e. The molecule has 2 aromatic carbocycles. The van der Waals surface area contributed by atoms with Crippen molar-refractivity contribution in [1.29, 1.82) is 0 Å². The first-order valence-corrected chi connectivity index (χ1v) is 8.60. The molecule has 2 aromatic heterocycles. The lowest BCUT2D eigenvalue weighted by atomic mass is 9.95. The highest BCUT2D eigenvalue weighted by molar-refractivity contribution is 5.84. The number of aliphatic hydroxyl groups excluding tert-OH is 1. The number of aromatic nitrogens is 2. The molecule has 4 aromatic rings. The fraction of sp³-hybridized carbons (Fsp3) is 0.190. The van der Waals surface area contributed by atoms with Crippen LogP contribution in [0.5, 0.6) is 5.75 Å². The van der Waals surface area contributed by atoms with Crippen molar-refractivity contribution < 1.29 is 14.3 Å². The van der Waals surface area contributed by atoms with Gasteiger partial charge in [-0.25, -0.2) is 4.98 Å². The van der Waals surface area contributed by atoms with E-state index in [9.17, 15) is 5.11 Å². The van der Waals surface area contributed by atoms with Crippen molar-refractivity contribution >= 4 is 11.0 Å². The Kier molecular flexibility index (Phi) is 3.36. The maximum atomic E-state index is 11.0. The molecule has 0 amide bonds. The molecular formula is C21H18N2O3. The van der Waals surface area contributed by atoms with E-state index in [1.165, 1.54) is 11.1 Å². The number of nitrogens with zero attached hydrogens (tertiary/aromatic N) is 2. The number of aliphatic hydroxyl groups is 1. The van der Waals surface area contributed by atoms with E-state index in [-0.39, 0.29) is 6.04 Å². The van der Waals surface area contributed by atoms with Crippen LogP contribution in [-0.4, -0.2) is 21.8 Å². The van der Waals surface area contributed by atoms with Gasteiger partial charge < -0.3 is 18.8 Å². The Labute approximate surface area is 150 Å². The number of benzene rings is 2. The number of methoxy groups -OCH3 is 1. The molecule has 0 radical (unpaired) electrons. The summed E-state index contributed by atoms with van der Waals surface area (Å²) < 4.78 is 13.0. The molecule has 1 aliphatic rings. The molecule has 5 rings (SSSR count). The van der Waals surface area contributed by atoms with Crippen LogP contribution in [0.25, 0.3) is 22.2 Å². The lowest BCUT2D eigenvalue weighted by Crippen LogP contribution is -2.10. The standard InChI is InChI=1S/C21H18N2O3/c1-25-20-9-14(8-13-6-7-26-21(13)20)19(24)10-17-15-4-2-3-5-16(15)18-11-22-12-23(17)18/h2-9,11-12,17,19,24H,10H2,1H3. The quantitative estimate of drug-likeness (QED) is 0.597. The van der Waals surface area contributed by atoms with Crippen LogP contribution >= 0.6 is 0 Å². The van der Waals surface area contributed by atoms with Crippen molar-refractivity contribution in [3.63, 3.8) is 0 Å². The van der Waals surface area contributed by atoms with Gasteiger partial charge in [-0.05, 0) is 29.3 Å². The molecule has 2 atom stereocenters. The van der Waals surface area contributed by atoms with Gasteiger partial charge in [-0.15, -0.1) is 0 Å². The van der Waals surface area contributed by atoms with E-state index in [0.29, 0.717) is 17.8 Å². The Morgan fingerprint density at radius 1 is 1.27 bits per heavy atom. The van der Waals surface area contributed by atoms with Gasteiger partial charge in [0.05, 0.1) is 43.7 Å². The number of imidazole rings is 1. The summed E-state index contributed by atoms with van der Waals surface area (Å²) in [7, 11) is 1.61. The molecule has 1 N–H and O–H groups in total. The minimum Gasteiger partial charge on any atom is -0.493 e. The zero-order valence-corrected chi connectivity index (χ0v) is 14.3. The predicted octanol–water partition coefficient (Wildman–Crippen LogP) is 4.33. The third-order valence-electron chi connectivity index (χ3n) is 5.19. The summed E-state index contributed by atoms with van der Waals surface area (Å²) in [5, 5.41) is 11.9. The third kappa shape index (κ3) is 2.17. The van der Waals surface area contributed by atoms with Gasteiger partial charge in [-0.3, -0.25) is 0 Å². The number of ether oxygens (including phenoxy) is 1. The van der Waals surface area contributed by atoms with Gasteiger partial charge in [0, 0.05) is 17.4 Å². The molecule has 0 aliphatic carbocycles. The largest absolute Gasteiger partial charge is 0.493 e. The van der Waals surface area contributed by atoms with Crippen LogP contribution < -0.4 is 4.74 Å². The normalized spacial score (nSPS) is 16.5. The second-order valence-electron chi connectivity index (χ2n) is 6.60. The third-order valence-corrected chi connectivity index (χ3v) is 5.19. The average molecular weight is 346 g/mol. The fourth-order valence-corrected chi connectivity index (χ4v) is 3.94. The van der Waals surface area contributed by atoms with Crippen LogP contribution in [0.3, 0.4) is 0 Å². The molecule has 0 fully saturated rings. The molecule has 2 unspecified atom stereocenters. The van der Waals surface area contributed by atoms with E-state index in [1.807, 2.05) is 42.9 Å². The molecule has 0 spiro atoms. The molecule has 5 nitrogen and oxygen atoms in total. The van der Waals surface area contributed by atoms with Crippen LogP contribution in [0.4, 0.5) is 0 Å². The van der Waals surface area contributed by atoms with Crippen molar-refractivity contribution in [3.8, 4) is 17.0 Å². The first-order chi connectivity index (χ1) is 12.8. The Morgan fingerprint density at radius 3 is 3.04 bits per heavy atom. The Bertz CT molecular complexity index is 1100. The van der Waals surface area contributed by atoms with Gasteiger partial charge in [0.25, 0.3) is 0 Å². The highest BCUT2D eigenvalue weighted by Crippen LogP contribution is 2.43. The molecule has 0 saturated heterocycles. The first-order valence-electron chi connectivity index (χ1n) is 8.60. The van der Waals surface area contributed by atoms with Crippen molar-refractivity contribution in [3.05, 3.63) is 72.4 Å². The van der Waals surface area contributed by atoms with Crippen LogP contribution in [0.15, 0.2) is 65.7 Å². The van der Waals surface area contributed by atoms with Crippen LogP contribution in [0, 0.1) is 0 Å². The van der Waals surface area contributed by atoms with E-state index in [2.05, 4.69) is 21.7 Å². The van der Waals surface area contributed by atoms with Gasteiger partial charge in [-0.2, -0.15) is 0 Å². The molecule has 0 bridgehead atoms. The van der Waals surface area contributed by atoms with E-state index in [0.717, 1.165) is 16.6 Å². The summed E-state index contributed by atoms with van der Waals surface area (Å²) in [6.07, 6.45) is 5.29. The van der Waals surface area contributed by atoms with Crippen molar-refractivity contribution in [2.24, 2.45) is 0 Å². The van der Waals surface area contributed by atoms with Crippen LogP contribution in [-0.2, 0) is 0 Å². The van der Waals surface area contributed by atoms with Crippen LogP contribution in [0.2, 0.25) is 0 Å². The fourth-order valence-electron chi connectivity index (χ4n) is 3.94. The van der Waals surface area contributed by atoms with Crippen LogP contribution in [0.1, 0.15) is 29.7 Å². The topological polar surface area (TPSA) is 60.4 Å². The maximum absolute atomic E-state index is 11.0. The number of hydrogen-bond acceptors (Lipinski definition) is 4. The lowest BCUT2D eigenvalue weighted by Gasteiger charge is -2.20. The lowest BCUT2D eigenvalue weighted by molar-refractivity contribution is 0.153. The minimum atomic E-state index is -0.630. The average Bonchev–Trinajstić information content (AvgIpc) is 3.38. The Morgan fingerprint density at radius 2 is 2.15 bits per heavy atom. The second-order valence-corrected chi connectivity index (χ2v) is 6.60. The van der Waals surface area contributed by atoms with E-state index in [4.69, 9.17) is 9.15 Å². The zero-order chi connectivity index (χ0) is 17.7. The summed E-state index contributed by atoms with van der Waals surface area (Å²) in [5.41, 5.74) is 5.03. The summed E-state index contributed by atoms with van der Waals surface area (Å²) in [6, 6.07) is 14.1. The molecule has 1 aliphatic heterocycles. The number of fused-ring (bicyclic) bond motifs is 4. The minimum absolute atomic E-state index is 0.0599. The zero-order valence-electron chi connectivity index (χ0n) is 14.3. The van der Waals surface area contributed by atoms with Crippen molar-refractivity contribution in [2.75, 3.05) is 7.11 Å². The Balaban J connectivity index is 1.52. The van der Waals surface area contributed by atoms with Gasteiger partial charge >= 0.3 is 0 Å². The number of hydrogen-bond donors (Lipinski definition) is 1. The van der Waals surface area contributed by atoms with Gasteiger partial charge in [-0.1, -0.05) is 24.3 Å². The van der Waals surface area contributed by atoms with E-state index in [1.54, 1.807) is 13.4 Å². The molecule has 130 valence electrons. The number of rotatable bonds is 4. The van der Waals surface area contributed by atoms with Gasteiger partial charge in [0.15, 0.2) is 11.3 Å². The van der Waals surface area contributed by atoms with Gasteiger partial charge in [0.2, 0.25) is 0 Å². The van der Waals surface area contributed by atoms with E-state index < -0.39 is 6.10 Å². The van der Waals surface area contributed by atoms with Gasteiger partial charge in [0.1, 0.15) is 0 Å². The summed E-state index contributed by atoms with van der Waals surface area (Å²) in [5.74, 6) is 0.636. The monoisotopic (exact) mass is 346 g/mol. The summed E-state index contributed by atoms with van der Waals surface area (Å²) in [6.45, 7) is 0. The highest BCUT2D eigenvalue weighted by Gasteiger charge is 2.30. The summed E-state index contributed by atoms with van der Waals surface area (Å²) in [4.78, 5) is 4.28. The summed E-state index contributed by atoms with van der Waals surface area (Å²) >= 11 is 0. The highest BCUT2D eigenvalue weighted by atomic mass is 16.5. The molecule has 26 heavy (non-hydrogen) atoms. The molecule has 0 saturated carbocycles. The van der Waals surface area contributed by atoms with Crippen molar-refractivity contribution in [1.82, 2.24) is 9.55 Å². The molecule has 5 heteroatoms. The SMILES string of the molecule is COc1cc(C(O)CC2c3ccccc3-c3cncn32)cc2ccoc12. The molecule has 3 heterocycles. The number of furan rings is 1.